The van der Waals surface area contributed by atoms with Gasteiger partial charge < -0.3 is 10.1 Å². The van der Waals surface area contributed by atoms with Gasteiger partial charge in [0.1, 0.15) is 0 Å². The molecule has 0 aliphatic heterocycles. The number of nitrogens with zero attached hydrogens (tertiary/aromatic N) is 2. The first kappa shape index (κ1) is 15.8. The normalized spacial score (nSPS) is 10.4. The molecular weight excluding hydrogens is 282 g/mol. The smallest absolute Gasteiger partial charge is 0.358 e. The second-order valence-electron chi connectivity index (χ2n) is 5.20. The molecule has 0 radical (unpaired) electrons. The van der Waals surface area contributed by atoms with Crippen LogP contribution < -0.4 is 5.32 Å². The molecule has 22 heavy (non-hydrogen) atoms. The standard InChI is InChI=1S/C16H19N3O3/c1-9-6-7-10(2)12(8-9)15(20)17-13-11(3)18-19(4)14(13)16(21)22-5/h6-8H,1-5H3,(H,17,20). The van der Waals surface area contributed by atoms with Crippen LogP contribution >= 0.6 is 0 Å². The maximum atomic E-state index is 12.5. The van der Waals surface area contributed by atoms with E-state index in [0.717, 1.165) is 11.1 Å². The molecular formula is C16H19N3O3. The fourth-order valence-corrected chi connectivity index (χ4v) is 2.30. The molecule has 0 aliphatic carbocycles. The van der Waals surface area contributed by atoms with Gasteiger partial charge in [-0.05, 0) is 32.4 Å². The first-order valence-electron chi connectivity index (χ1n) is 6.85. The number of hydrogen-bond donors (Lipinski definition) is 1. The highest BCUT2D eigenvalue weighted by atomic mass is 16.5. The number of amides is 1. The van der Waals surface area contributed by atoms with Crippen LogP contribution in [0.15, 0.2) is 18.2 Å². The number of aromatic nitrogens is 2. The molecule has 0 saturated carbocycles. The first-order valence-corrected chi connectivity index (χ1v) is 6.85. The van der Waals surface area contributed by atoms with Gasteiger partial charge in [-0.15, -0.1) is 0 Å². The van der Waals surface area contributed by atoms with Crippen LogP contribution in [0.1, 0.15) is 37.7 Å². The lowest BCUT2D eigenvalue weighted by atomic mass is 10.0. The molecule has 1 heterocycles. The number of aryl methyl sites for hydroxylation is 4. The van der Waals surface area contributed by atoms with E-state index in [2.05, 4.69) is 10.4 Å². The number of hydrogen-bond acceptors (Lipinski definition) is 4. The van der Waals surface area contributed by atoms with E-state index in [9.17, 15) is 9.59 Å². The van der Waals surface area contributed by atoms with Crippen molar-refractivity contribution >= 4 is 17.6 Å². The average Bonchev–Trinajstić information content (AvgIpc) is 2.75. The Kier molecular flexibility index (Phi) is 4.30. The summed E-state index contributed by atoms with van der Waals surface area (Å²) in [6.07, 6.45) is 0. The number of carbonyl (C=O) groups is 2. The minimum atomic E-state index is -0.542. The summed E-state index contributed by atoms with van der Waals surface area (Å²) in [4.78, 5) is 24.4. The number of methoxy groups -OCH3 is 1. The van der Waals surface area contributed by atoms with Gasteiger partial charge in [-0.1, -0.05) is 17.7 Å². The molecule has 2 rings (SSSR count). The van der Waals surface area contributed by atoms with Gasteiger partial charge in [-0.3, -0.25) is 9.48 Å². The van der Waals surface area contributed by atoms with Gasteiger partial charge in [-0.25, -0.2) is 4.79 Å². The third-order valence-corrected chi connectivity index (χ3v) is 3.48. The van der Waals surface area contributed by atoms with Gasteiger partial charge in [0.05, 0.1) is 18.5 Å². The minimum Gasteiger partial charge on any atom is -0.464 e. The zero-order chi connectivity index (χ0) is 16.4. The Morgan fingerprint density at radius 2 is 1.91 bits per heavy atom. The molecule has 1 aromatic carbocycles. The van der Waals surface area contributed by atoms with Crippen molar-refractivity contribution in [2.24, 2.45) is 7.05 Å². The maximum absolute atomic E-state index is 12.5. The van der Waals surface area contributed by atoms with Crippen LogP contribution in [-0.4, -0.2) is 28.8 Å². The summed E-state index contributed by atoms with van der Waals surface area (Å²) in [6, 6.07) is 5.65. The highest BCUT2D eigenvalue weighted by molar-refractivity contribution is 6.08. The van der Waals surface area contributed by atoms with Crippen LogP contribution in [0.3, 0.4) is 0 Å². The van der Waals surface area contributed by atoms with Crippen molar-refractivity contribution in [2.45, 2.75) is 20.8 Å². The van der Waals surface area contributed by atoms with E-state index in [0.29, 0.717) is 16.9 Å². The predicted octanol–water partition coefficient (Wildman–Crippen LogP) is 2.38. The van der Waals surface area contributed by atoms with Gasteiger partial charge in [0.25, 0.3) is 5.91 Å². The van der Waals surface area contributed by atoms with Crippen LogP contribution in [0, 0.1) is 20.8 Å². The highest BCUT2D eigenvalue weighted by Crippen LogP contribution is 2.22. The molecule has 116 valence electrons. The van der Waals surface area contributed by atoms with Crippen LogP contribution in [-0.2, 0) is 11.8 Å². The van der Waals surface area contributed by atoms with Crippen molar-refractivity contribution in [1.29, 1.82) is 0 Å². The molecule has 1 aromatic heterocycles. The molecule has 1 N–H and O–H groups in total. The summed E-state index contributed by atoms with van der Waals surface area (Å²) >= 11 is 0. The van der Waals surface area contributed by atoms with Gasteiger partial charge in [-0.2, -0.15) is 5.10 Å². The summed E-state index contributed by atoms with van der Waals surface area (Å²) in [5, 5.41) is 6.94. The molecule has 0 fully saturated rings. The van der Waals surface area contributed by atoms with E-state index in [1.165, 1.54) is 11.8 Å². The largest absolute Gasteiger partial charge is 0.464 e. The van der Waals surface area contributed by atoms with E-state index >= 15 is 0 Å². The first-order chi connectivity index (χ1) is 10.3. The summed E-state index contributed by atoms with van der Waals surface area (Å²) in [5.41, 5.74) is 3.58. The van der Waals surface area contributed by atoms with Gasteiger partial charge in [0.2, 0.25) is 0 Å². The lowest BCUT2D eigenvalue weighted by Gasteiger charge is -2.09. The second-order valence-corrected chi connectivity index (χ2v) is 5.20. The quantitative estimate of drug-likeness (QED) is 0.883. The van der Waals surface area contributed by atoms with Crippen molar-refractivity contribution in [3.63, 3.8) is 0 Å². The minimum absolute atomic E-state index is 0.221. The lowest BCUT2D eigenvalue weighted by Crippen LogP contribution is -2.17. The number of carbonyl (C=O) groups excluding carboxylic acids is 2. The van der Waals surface area contributed by atoms with Crippen LogP contribution in [0.5, 0.6) is 0 Å². The number of esters is 1. The molecule has 0 spiro atoms. The molecule has 6 nitrogen and oxygen atoms in total. The van der Waals surface area contributed by atoms with Crippen molar-refractivity contribution in [3.8, 4) is 0 Å². The van der Waals surface area contributed by atoms with Crippen LogP contribution in [0.2, 0.25) is 0 Å². The third-order valence-electron chi connectivity index (χ3n) is 3.48. The van der Waals surface area contributed by atoms with E-state index in [1.54, 1.807) is 14.0 Å². The molecule has 1 amide bonds. The van der Waals surface area contributed by atoms with Crippen molar-refractivity contribution in [2.75, 3.05) is 12.4 Å². The highest BCUT2D eigenvalue weighted by Gasteiger charge is 2.23. The number of anilines is 1. The van der Waals surface area contributed by atoms with Crippen molar-refractivity contribution in [3.05, 3.63) is 46.3 Å². The Labute approximate surface area is 129 Å². The fourth-order valence-electron chi connectivity index (χ4n) is 2.30. The summed E-state index contributed by atoms with van der Waals surface area (Å²) < 4.78 is 6.15. The molecule has 2 aromatic rings. The Morgan fingerprint density at radius 3 is 2.55 bits per heavy atom. The monoisotopic (exact) mass is 301 g/mol. The number of rotatable bonds is 3. The molecule has 6 heteroatoms. The van der Waals surface area contributed by atoms with Crippen molar-refractivity contribution in [1.82, 2.24) is 9.78 Å². The van der Waals surface area contributed by atoms with Gasteiger partial charge in [0, 0.05) is 12.6 Å². The Balaban J connectivity index is 2.41. The molecule has 0 atom stereocenters. The van der Waals surface area contributed by atoms with Crippen LogP contribution in [0.25, 0.3) is 0 Å². The van der Waals surface area contributed by atoms with Crippen LogP contribution in [0.4, 0.5) is 5.69 Å². The van der Waals surface area contributed by atoms with E-state index < -0.39 is 5.97 Å². The van der Waals surface area contributed by atoms with E-state index in [4.69, 9.17) is 4.74 Å². The zero-order valence-corrected chi connectivity index (χ0v) is 13.4. The number of nitrogens with one attached hydrogen (secondary N) is 1. The summed E-state index contributed by atoms with van der Waals surface area (Å²) in [6.45, 7) is 5.52. The Morgan fingerprint density at radius 1 is 1.23 bits per heavy atom. The number of ether oxygens (including phenoxy) is 1. The predicted molar refractivity (Wildman–Crippen MR) is 83.2 cm³/mol. The molecule has 0 bridgehead atoms. The maximum Gasteiger partial charge on any atom is 0.358 e. The van der Waals surface area contributed by atoms with Gasteiger partial charge in [0.15, 0.2) is 5.69 Å². The number of benzene rings is 1. The third kappa shape index (κ3) is 2.86. The Bertz CT molecular complexity index is 747. The Hall–Kier alpha value is -2.63. The summed E-state index contributed by atoms with van der Waals surface area (Å²) in [5.74, 6) is -0.818. The topological polar surface area (TPSA) is 73.2 Å². The molecule has 0 unspecified atom stereocenters. The zero-order valence-electron chi connectivity index (χ0n) is 13.4. The average molecular weight is 301 g/mol. The van der Waals surface area contributed by atoms with Crippen molar-refractivity contribution < 1.29 is 14.3 Å². The van der Waals surface area contributed by atoms with E-state index in [1.807, 2.05) is 32.0 Å². The summed E-state index contributed by atoms with van der Waals surface area (Å²) in [7, 11) is 2.92. The second kappa shape index (κ2) is 6.01. The molecule has 0 saturated heterocycles. The van der Waals surface area contributed by atoms with E-state index in [-0.39, 0.29) is 11.6 Å². The van der Waals surface area contributed by atoms with Gasteiger partial charge >= 0.3 is 5.97 Å². The molecule has 0 aliphatic rings. The fraction of sp³-hybridized carbons (Fsp3) is 0.312. The lowest BCUT2D eigenvalue weighted by molar-refractivity contribution is 0.0589. The SMILES string of the molecule is COC(=O)c1c(NC(=O)c2cc(C)ccc2C)c(C)nn1C.